The smallest absolute Gasteiger partial charge is 0.416 e. The van der Waals surface area contributed by atoms with Crippen LogP contribution in [0.5, 0.6) is 11.5 Å². The Balaban J connectivity index is 1.05. The maximum atomic E-state index is 12.9. The van der Waals surface area contributed by atoms with Gasteiger partial charge in [0.2, 0.25) is 0 Å². The van der Waals surface area contributed by atoms with Crippen LogP contribution in [0.2, 0.25) is 0 Å². The highest BCUT2D eigenvalue weighted by atomic mass is 19.4. The third kappa shape index (κ3) is 5.66. The van der Waals surface area contributed by atoms with Crippen LogP contribution >= 0.6 is 0 Å². The first-order valence-electron chi connectivity index (χ1n) is 15.0. The van der Waals surface area contributed by atoms with E-state index < -0.39 is 11.7 Å². The fourth-order valence-electron chi connectivity index (χ4n) is 6.62. The second-order valence-electron chi connectivity index (χ2n) is 11.7. The van der Waals surface area contributed by atoms with Gasteiger partial charge in [0.25, 0.3) is 0 Å². The largest absolute Gasteiger partial charge is 0.457 e. The van der Waals surface area contributed by atoms with Gasteiger partial charge in [0.1, 0.15) is 29.3 Å². The van der Waals surface area contributed by atoms with Gasteiger partial charge in [-0.05, 0) is 74.2 Å². The van der Waals surface area contributed by atoms with E-state index in [0.29, 0.717) is 29.1 Å². The summed E-state index contributed by atoms with van der Waals surface area (Å²) in [5.74, 6) is 1.20. The molecule has 0 bridgehead atoms. The van der Waals surface area contributed by atoms with E-state index in [1.165, 1.54) is 44.4 Å². The van der Waals surface area contributed by atoms with E-state index in [1.807, 2.05) is 16.8 Å². The van der Waals surface area contributed by atoms with Crippen LogP contribution in [0, 0.1) is 0 Å². The molecule has 4 aromatic rings. The van der Waals surface area contributed by atoms with Crippen molar-refractivity contribution in [3.8, 4) is 22.8 Å². The van der Waals surface area contributed by atoms with Crippen LogP contribution in [0.15, 0.2) is 54.9 Å². The number of nitrogens with zero attached hydrogens (tertiary/aromatic N) is 6. The predicted molar refractivity (Wildman–Crippen MR) is 158 cm³/mol. The highest BCUT2D eigenvalue weighted by Crippen LogP contribution is 2.36. The van der Waals surface area contributed by atoms with Gasteiger partial charge in [-0.15, -0.1) is 0 Å². The van der Waals surface area contributed by atoms with Crippen LogP contribution in [0.3, 0.4) is 0 Å². The molecule has 0 radical (unpaired) electrons. The van der Waals surface area contributed by atoms with Gasteiger partial charge in [-0.2, -0.15) is 18.3 Å². The number of nitrogens with two attached hydrogens (primary N) is 1. The molecule has 226 valence electrons. The number of nitrogens with one attached hydrogen (secondary N) is 1. The zero-order valence-corrected chi connectivity index (χ0v) is 23.8. The maximum Gasteiger partial charge on any atom is 0.416 e. The molecule has 2 aromatic carbocycles. The lowest BCUT2D eigenvalue weighted by Gasteiger charge is -2.45. The molecule has 12 heteroatoms. The summed E-state index contributed by atoms with van der Waals surface area (Å²) in [5, 5.41) is 9.14. The first kappa shape index (κ1) is 28.1. The number of fused-ring (bicyclic) bond motifs is 1. The van der Waals surface area contributed by atoms with Crippen LogP contribution in [0.1, 0.15) is 37.3 Å². The molecule has 3 aliphatic heterocycles. The Morgan fingerprint density at radius 2 is 1.35 bits per heavy atom. The second kappa shape index (κ2) is 11.4. The number of anilines is 1. The van der Waals surface area contributed by atoms with Gasteiger partial charge in [0.15, 0.2) is 5.65 Å². The Labute approximate surface area is 247 Å². The van der Waals surface area contributed by atoms with Crippen molar-refractivity contribution in [2.45, 2.75) is 50.0 Å². The SMILES string of the molecule is Nc1ncnc2c1c(-c1ccc(Oc3ccc(C(F)(F)F)cc3)cc1)nn2C1CCN(C2CCN(C3CNC3)CC2)CC1. The minimum Gasteiger partial charge on any atom is -0.457 e. The first-order chi connectivity index (χ1) is 20.8. The first-order valence-corrected chi connectivity index (χ1v) is 15.0. The molecule has 5 heterocycles. The lowest BCUT2D eigenvalue weighted by Crippen LogP contribution is -2.60. The Morgan fingerprint density at radius 3 is 1.93 bits per heavy atom. The van der Waals surface area contributed by atoms with E-state index in [1.54, 1.807) is 12.1 Å². The summed E-state index contributed by atoms with van der Waals surface area (Å²) >= 11 is 0. The molecule has 7 rings (SSSR count). The van der Waals surface area contributed by atoms with Crippen molar-refractivity contribution in [3.05, 3.63) is 60.4 Å². The molecule has 43 heavy (non-hydrogen) atoms. The summed E-state index contributed by atoms with van der Waals surface area (Å²) in [4.78, 5) is 14.1. The van der Waals surface area contributed by atoms with E-state index >= 15 is 0 Å². The minimum absolute atomic E-state index is 0.213. The minimum atomic E-state index is -4.39. The van der Waals surface area contributed by atoms with E-state index in [4.69, 9.17) is 15.6 Å². The summed E-state index contributed by atoms with van der Waals surface area (Å²) < 4.78 is 46.5. The van der Waals surface area contributed by atoms with Crippen molar-refractivity contribution in [1.29, 1.82) is 0 Å². The number of ether oxygens (including phenoxy) is 1. The van der Waals surface area contributed by atoms with Crippen LogP contribution < -0.4 is 15.8 Å². The van der Waals surface area contributed by atoms with Crippen LogP contribution in [-0.2, 0) is 6.18 Å². The highest BCUT2D eigenvalue weighted by Gasteiger charge is 2.34. The van der Waals surface area contributed by atoms with Crippen LogP contribution in [0.4, 0.5) is 19.0 Å². The third-order valence-electron chi connectivity index (χ3n) is 9.20. The van der Waals surface area contributed by atoms with Gasteiger partial charge >= 0.3 is 6.18 Å². The Kier molecular flexibility index (Phi) is 7.44. The van der Waals surface area contributed by atoms with E-state index in [2.05, 4.69) is 25.1 Å². The zero-order valence-electron chi connectivity index (χ0n) is 23.8. The quantitative estimate of drug-likeness (QED) is 0.325. The lowest BCUT2D eigenvalue weighted by atomic mass is 9.96. The van der Waals surface area contributed by atoms with E-state index in [-0.39, 0.29) is 6.04 Å². The fraction of sp³-hybridized carbons (Fsp3) is 0.452. The molecule has 3 N–H and O–H groups in total. The van der Waals surface area contributed by atoms with Crippen molar-refractivity contribution >= 4 is 16.9 Å². The zero-order chi connectivity index (χ0) is 29.6. The molecule has 3 saturated heterocycles. The van der Waals surface area contributed by atoms with Gasteiger partial charge in [0, 0.05) is 56.9 Å². The van der Waals surface area contributed by atoms with Crippen LogP contribution in [0.25, 0.3) is 22.3 Å². The molecule has 2 aromatic heterocycles. The van der Waals surface area contributed by atoms with Gasteiger partial charge in [-0.1, -0.05) is 0 Å². The fourth-order valence-corrected chi connectivity index (χ4v) is 6.62. The number of nitrogen functional groups attached to an aromatic ring is 1. The highest BCUT2D eigenvalue weighted by molar-refractivity contribution is 5.98. The molecular weight excluding hydrogens is 557 g/mol. The third-order valence-corrected chi connectivity index (χ3v) is 9.20. The predicted octanol–water partition coefficient (Wildman–Crippen LogP) is 4.96. The molecule has 0 saturated carbocycles. The molecule has 3 aliphatic rings. The number of alkyl halides is 3. The molecule has 0 aliphatic carbocycles. The Bertz CT molecular complexity index is 1550. The average Bonchev–Trinajstić information content (AvgIpc) is 3.38. The summed E-state index contributed by atoms with van der Waals surface area (Å²) in [7, 11) is 0. The Hall–Kier alpha value is -3.74. The summed E-state index contributed by atoms with van der Waals surface area (Å²) in [5.41, 5.74) is 7.90. The molecule has 3 fully saturated rings. The molecule has 9 nitrogen and oxygen atoms in total. The van der Waals surface area contributed by atoms with Gasteiger partial charge < -0.3 is 20.7 Å². The lowest BCUT2D eigenvalue weighted by molar-refractivity contribution is -0.137. The summed E-state index contributed by atoms with van der Waals surface area (Å²) in [6.45, 7) is 6.71. The maximum absolute atomic E-state index is 12.9. The normalized spacial score (nSPS) is 20.0. The molecule has 0 amide bonds. The van der Waals surface area contributed by atoms with Gasteiger partial charge in [-0.25, -0.2) is 14.6 Å². The monoisotopic (exact) mass is 592 g/mol. The molecule has 0 unspecified atom stereocenters. The number of likely N-dealkylation sites (tertiary alicyclic amines) is 2. The van der Waals surface area contributed by atoms with E-state index in [0.717, 1.165) is 73.8 Å². The standard InChI is InChI=1S/C31H35F3N8O/c32-31(33,34)21-3-7-26(8-4-21)43-25-5-1-20(2-6-25)28-27-29(35)37-19-38-30(27)42(39-28)23-11-15-40(16-12-23)22-9-13-41(14-10-22)24-17-36-18-24/h1-8,19,22-24,36H,9-18H2,(H2,35,37,38). The number of piperidine rings is 2. The summed E-state index contributed by atoms with van der Waals surface area (Å²) in [6, 6.07) is 13.5. The number of halogens is 3. The van der Waals surface area contributed by atoms with Crippen LogP contribution in [-0.4, -0.2) is 80.9 Å². The van der Waals surface area contributed by atoms with Crippen molar-refractivity contribution < 1.29 is 17.9 Å². The number of benzene rings is 2. The topological polar surface area (TPSA) is 97.4 Å². The van der Waals surface area contributed by atoms with E-state index in [9.17, 15) is 13.2 Å². The molecule has 0 atom stereocenters. The van der Waals surface area contributed by atoms with Crippen molar-refractivity contribution in [1.82, 2.24) is 34.9 Å². The van der Waals surface area contributed by atoms with Gasteiger partial charge in [0.05, 0.1) is 17.0 Å². The number of hydrogen-bond acceptors (Lipinski definition) is 8. The number of aromatic nitrogens is 4. The van der Waals surface area contributed by atoms with Crippen molar-refractivity contribution in [3.63, 3.8) is 0 Å². The summed E-state index contributed by atoms with van der Waals surface area (Å²) in [6.07, 6.45) is 1.55. The van der Waals surface area contributed by atoms with Crippen molar-refractivity contribution in [2.24, 2.45) is 0 Å². The molecule has 0 spiro atoms. The number of hydrogen-bond donors (Lipinski definition) is 2. The van der Waals surface area contributed by atoms with Gasteiger partial charge in [-0.3, -0.25) is 4.90 Å². The second-order valence-corrected chi connectivity index (χ2v) is 11.7. The molecular formula is C31H35F3N8O. The average molecular weight is 593 g/mol. The number of rotatable bonds is 6. The Morgan fingerprint density at radius 1 is 0.767 bits per heavy atom. The van der Waals surface area contributed by atoms with Crippen molar-refractivity contribution in [2.75, 3.05) is 45.0 Å².